The van der Waals surface area contributed by atoms with Crippen LogP contribution < -0.4 is 10.1 Å². The number of aryl methyl sites for hydroxylation is 1. The van der Waals surface area contributed by atoms with Gasteiger partial charge in [-0.05, 0) is 37.5 Å². The van der Waals surface area contributed by atoms with Crippen molar-refractivity contribution in [3.63, 3.8) is 0 Å². The van der Waals surface area contributed by atoms with Crippen molar-refractivity contribution in [1.29, 1.82) is 0 Å². The van der Waals surface area contributed by atoms with Crippen molar-refractivity contribution in [2.24, 2.45) is 0 Å². The minimum absolute atomic E-state index is 0.308. The van der Waals surface area contributed by atoms with E-state index in [4.69, 9.17) is 24.5 Å². The van der Waals surface area contributed by atoms with Crippen LogP contribution in [0.1, 0.15) is 18.9 Å². The highest BCUT2D eigenvalue weighted by atomic mass is 16.5. The lowest BCUT2D eigenvalue weighted by atomic mass is 10.1. The second-order valence-electron chi connectivity index (χ2n) is 6.22. The summed E-state index contributed by atoms with van der Waals surface area (Å²) in [4.78, 5) is 18.2. The SMILES string of the molecule is CC(CCc1ccccc1)NCC(O)COc1ccccc1.O=C(O)C(=O)O. The van der Waals surface area contributed by atoms with Gasteiger partial charge in [-0.15, -0.1) is 0 Å². The largest absolute Gasteiger partial charge is 0.491 e. The molecule has 0 bridgehead atoms. The average molecular weight is 389 g/mol. The molecule has 2 aromatic rings. The first-order valence-electron chi connectivity index (χ1n) is 8.98. The second kappa shape index (κ2) is 13.3. The first-order valence-corrected chi connectivity index (χ1v) is 8.98. The number of hydrogen-bond donors (Lipinski definition) is 4. The summed E-state index contributed by atoms with van der Waals surface area (Å²) in [5.74, 6) is -2.86. The molecule has 2 unspecified atom stereocenters. The molecular weight excluding hydrogens is 362 g/mol. The Morgan fingerprint density at radius 2 is 1.50 bits per heavy atom. The minimum Gasteiger partial charge on any atom is -0.491 e. The van der Waals surface area contributed by atoms with Gasteiger partial charge >= 0.3 is 11.9 Å². The zero-order valence-electron chi connectivity index (χ0n) is 15.8. The molecule has 0 amide bonds. The summed E-state index contributed by atoms with van der Waals surface area (Å²) in [7, 11) is 0. The van der Waals surface area contributed by atoms with Gasteiger partial charge in [0.1, 0.15) is 18.5 Å². The van der Waals surface area contributed by atoms with E-state index in [1.165, 1.54) is 5.56 Å². The number of benzene rings is 2. The summed E-state index contributed by atoms with van der Waals surface area (Å²) in [5.41, 5.74) is 1.35. The average Bonchev–Trinajstić information content (AvgIpc) is 2.71. The Labute approximate surface area is 164 Å². The van der Waals surface area contributed by atoms with Gasteiger partial charge in [-0.3, -0.25) is 0 Å². The van der Waals surface area contributed by atoms with Crippen LogP contribution in [0.5, 0.6) is 5.75 Å². The summed E-state index contributed by atoms with van der Waals surface area (Å²) in [6.07, 6.45) is 1.60. The fourth-order valence-electron chi connectivity index (χ4n) is 2.24. The summed E-state index contributed by atoms with van der Waals surface area (Å²) in [6.45, 7) is 3.00. The van der Waals surface area contributed by atoms with E-state index in [9.17, 15) is 5.11 Å². The maximum atomic E-state index is 9.96. The molecular formula is C21H27NO6. The topological polar surface area (TPSA) is 116 Å². The van der Waals surface area contributed by atoms with E-state index in [0.29, 0.717) is 19.2 Å². The predicted octanol–water partition coefficient (Wildman–Crippen LogP) is 2.19. The highest BCUT2D eigenvalue weighted by molar-refractivity contribution is 6.27. The highest BCUT2D eigenvalue weighted by Crippen LogP contribution is 2.08. The van der Waals surface area contributed by atoms with Crippen LogP contribution in [0, 0.1) is 0 Å². The quantitative estimate of drug-likeness (QED) is 0.486. The molecule has 0 radical (unpaired) electrons. The van der Waals surface area contributed by atoms with Gasteiger partial charge < -0.3 is 25.4 Å². The maximum absolute atomic E-state index is 9.96. The lowest BCUT2D eigenvalue weighted by Gasteiger charge is -2.17. The maximum Gasteiger partial charge on any atom is 0.414 e. The molecule has 2 rings (SSSR count). The smallest absolute Gasteiger partial charge is 0.414 e. The summed E-state index contributed by atoms with van der Waals surface area (Å²) < 4.78 is 5.54. The van der Waals surface area contributed by atoms with Gasteiger partial charge in [0.25, 0.3) is 0 Å². The molecule has 2 aromatic carbocycles. The highest BCUT2D eigenvalue weighted by Gasteiger charge is 2.08. The number of para-hydroxylation sites is 1. The molecule has 0 spiro atoms. The fourth-order valence-corrected chi connectivity index (χ4v) is 2.24. The molecule has 0 heterocycles. The van der Waals surface area contributed by atoms with Crippen LogP contribution in [-0.2, 0) is 16.0 Å². The number of nitrogens with one attached hydrogen (secondary N) is 1. The van der Waals surface area contributed by atoms with Crippen molar-refractivity contribution in [2.45, 2.75) is 31.9 Å². The van der Waals surface area contributed by atoms with Gasteiger partial charge in [0, 0.05) is 12.6 Å². The summed E-state index contributed by atoms with van der Waals surface area (Å²) >= 11 is 0. The van der Waals surface area contributed by atoms with Gasteiger partial charge in [0.15, 0.2) is 0 Å². The van der Waals surface area contributed by atoms with Gasteiger partial charge in [0.2, 0.25) is 0 Å². The molecule has 0 aromatic heterocycles. The molecule has 4 N–H and O–H groups in total. The van der Waals surface area contributed by atoms with Gasteiger partial charge in [0.05, 0.1) is 0 Å². The fraction of sp³-hybridized carbons (Fsp3) is 0.333. The first-order chi connectivity index (χ1) is 13.4. The molecule has 0 fully saturated rings. The molecule has 152 valence electrons. The van der Waals surface area contributed by atoms with Crippen LogP contribution in [0.25, 0.3) is 0 Å². The van der Waals surface area contributed by atoms with Crippen molar-refractivity contribution in [3.8, 4) is 5.75 Å². The molecule has 28 heavy (non-hydrogen) atoms. The molecule has 2 atom stereocenters. The van der Waals surface area contributed by atoms with Crippen LogP contribution in [0.2, 0.25) is 0 Å². The number of carboxylic acids is 2. The predicted molar refractivity (Wildman–Crippen MR) is 105 cm³/mol. The molecule has 7 heteroatoms. The number of carbonyl (C=O) groups is 2. The molecule has 0 saturated heterocycles. The Balaban J connectivity index is 0.000000568. The second-order valence-corrected chi connectivity index (χ2v) is 6.22. The molecule has 0 aliphatic heterocycles. The molecule has 0 saturated carbocycles. The third-order valence-corrected chi connectivity index (χ3v) is 3.78. The lowest BCUT2D eigenvalue weighted by Crippen LogP contribution is -2.36. The van der Waals surface area contributed by atoms with Crippen molar-refractivity contribution in [3.05, 3.63) is 66.2 Å². The number of ether oxygens (including phenoxy) is 1. The lowest BCUT2D eigenvalue weighted by molar-refractivity contribution is -0.159. The van der Waals surface area contributed by atoms with Crippen LogP contribution in [0.15, 0.2) is 60.7 Å². The zero-order valence-corrected chi connectivity index (χ0v) is 15.8. The van der Waals surface area contributed by atoms with Gasteiger partial charge in [-0.25, -0.2) is 9.59 Å². The van der Waals surface area contributed by atoms with E-state index in [-0.39, 0.29) is 0 Å². The monoisotopic (exact) mass is 389 g/mol. The summed E-state index contributed by atoms with van der Waals surface area (Å²) in [6, 6.07) is 20.4. The van der Waals surface area contributed by atoms with Gasteiger partial charge in [-0.1, -0.05) is 48.5 Å². The Kier molecular flexibility index (Phi) is 11.0. The Bertz CT molecular complexity index is 631. The first kappa shape index (κ1) is 23.1. The zero-order chi connectivity index (χ0) is 20.8. The van der Waals surface area contributed by atoms with E-state index in [1.807, 2.05) is 36.4 Å². The van der Waals surface area contributed by atoms with Crippen molar-refractivity contribution in [1.82, 2.24) is 5.32 Å². The third-order valence-electron chi connectivity index (χ3n) is 3.78. The molecule has 7 nitrogen and oxygen atoms in total. The third kappa shape index (κ3) is 10.9. The number of aliphatic carboxylic acids is 2. The van der Waals surface area contributed by atoms with E-state index < -0.39 is 18.0 Å². The Morgan fingerprint density at radius 1 is 0.964 bits per heavy atom. The number of hydrogen-bond acceptors (Lipinski definition) is 5. The van der Waals surface area contributed by atoms with Crippen LogP contribution in [0.4, 0.5) is 0 Å². The van der Waals surface area contributed by atoms with Crippen LogP contribution in [-0.4, -0.2) is 52.6 Å². The number of aliphatic hydroxyl groups excluding tert-OH is 1. The van der Waals surface area contributed by atoms with E-state index >= 15 is 0 Å². The van der Waals surface area contributed by atoms with Gasteiger partial charge in [-0.2, -0.15) is 0 Å². The van der Waals surface area contributed by atoms with E-state index in [0.717, 1.165) is 18.6 Å². The normalized spacial score (nSPS) is 12.2. The molecule has 0 aliphatic carbocycles. The number of rotatable bonds is 9. The number of aliphatic hydroxyl groups is 1. The van der Waals surface area contributed by atoms with Crippen molar-refractivity contribution in [2.75, 3.05) is 13.2 Å². The van der Waals surface area contributed by atoms with Crippen molar-refractivity contribution < 1.29 is 29.6 Å². The van der Waals surface area contributed by atoms with E-state index in [1.54, 1.807) is 0 Å². The van der Waals surface area contributed by atoms with Crippen molar-refractivity contribution >= 4 is 11.9 Å². The molecule has 0 aliphatic rings. The van der Waals surface area contributed by atoms with E-state index in [2.05, 4.69) is 36.5 Å². The Morgan fingerprint density at radius 3 is 2.04 bits per heavy atom. The number of carboxylic acid groups (broad SMARTS) is 2. The minimum atomic E-state index is -1.82. The standard InChI is InChI=1S/C19H25NO2.C2H2O4/c1-16(12-13-17-8-4-2-5-9-17)20-14-18(21)15-22-19-10-6-3-7-11-19;3-1(4)2(5)6/h2-11,16,18,20-21H,12-15H2,1H3;(H,3,4)(H,5,6). The van der Waals surface area contributed by atoms with Crippen LogP contribution in [0.3, 0.4) is 0 Å². The van der Waals surface area contributed by atoms with Crippen LogP contribution >= 0.6 is 0 Å². The Hall–Kier alpha value is -2.90. The summed E-state index contributed by atoms with van der Waals surface area (Å²) in [5, 5.41) is 28.1.